The van der Waals surface area contributed by atoms with Crippen LogP contribution >= 0.6 is 11.3 Å². The molecule has 1 aliphatic carbocycles. The van der Waals surface area contributed by atoms with Gasteiger partial charge in [0.25, 0.3) is 5.56 Å². The van der Waals surface area contributed by atoms with E-state index in [1.165, 1.54) is 38.3 Å². The van der Waals surface area contributed by atoms with Crippen molar-refractivity contribution in [2.45, 2.75) is 11.3 Å². The molecule has 26 heavy (non-hydrogen) atoms. The van der Waals surface area contributed by atoms with Gasteiger partial charge in [0.1, 0.15) is 5.82 Å². The number of carbonyl (C=O) groups is 1. The van der Waals surface area contributed by atoms with E-state index in [0.717, 1.165) is 15.9 Å². The topological polar surface area (TPSA) is 134 Å². The predicted octanol–water partition coefficient (Wildman–Crippen LogP) is 0.579. The molecule has 0 unspecified atom stereocenters. The largest absolute Gasteiger partial charge is 0.493 e. The molecule has 0 fully saturated rings. The number of nitrogens with zero attached hydrogens (tertiary/aromatic N) is 3. The van der Waals surface area contributed by atoms with E-state index in [0.29, 0.717) is 5.57 Å². The van der Waals surface area contributed by atoms with Crippen molar-refractivity contribution in [3.05, 3.63) is 45.5 Å². The van der Waals surface area contributed by atoms with Gasteiger partial charge in [-0.2, -0.15) is 9.50 Å². The summed E-state index contributed by atoms with van der Waals surface area (Å²) in [5.41, 5.74) is 5.93. The number of hydrogen-bond acceptors (Lipinski definition) is 9. The molecule has 136 valence electrons. The molecule has 2 aromatic rings. The fourth-order valence-electron chi connectivity index (χ4n) is 2.19. The van der Waals surface area contributed by atoms with Gasteiger partial charge in [0.05, 0.1) is 18.4 Å². The first-order valence-corrected chi connectivity index (χ1v) is 9.85. The van der Waals surface area contributed by atoms with Crippen molar-refractivity contribution < 1.29 is 17.9 Å². The molecule has 2 aromatic heterocycles. The average molecular weight is 394 g/mol. The summed E-state index contributed by atoms with van der Waals surface area (Å²) in [6.07, 6.45) is 5.71. The van der Waals surface area contributed by atoms with E-state index in [1.807, 2.05) is 0 Å². The number of methoxy groups -OCH3 is 1. The van der Waals surface area contributed by atoms with Gasteiger partial charge in [-0.1, -0.05) is 24.3 Å². The number of aromatic nitrogens is 3. The van der Waals surface area contributed by atoms with Crippen LogP contribution in [0.15, 0.2) is 38.7 Å². The van der Waals surface area contributed by atoms with Crippen LogP contribution in [-0.2, 0) is 19.4 Å². The molecule has 0 radical (unpaired) electrons. The summed E-state index contributed by atoms with van der Waals surface area (Å²) in [5, 5.41) is 3.97. The zero-order valence-electron chi connectivity index (χ0n) is 13.8. The smallest absolute Gasteiger partial charge is 0.283 e. The first-order chi connectivity index (χ1) is 12.3. The van der Waals surface area contributed by atoms with Gasteiger partial charge >= 0.3 is 0 Å². The van der Waals surface area contributed by atoms with E-state index >= 15 is 0 Å². The Labute approximate surface area is 152 Å². The van der Waals surface area contributed by atoms with Crippen LogP contribution in [0.5, 0.6) is 0 Å². The van der Waals surface area contributed by atoms with Crippen molar-refractivity contribution in [2.24, 2.45) is 0 Å². The Bertz CT molecular complexity index is 1170. The molecule has 0 saturated heterocycles. The number of ketones is 1. The Hall–Kier alpha value is -2.79. The minimum atomic E-state index is -3.55. The molecule has 0 aromatic carbocycles. The number of fused-ring (bicyclic) bond motifs is 1. The number of rotatable bonds is 4. The molecule has 2 heterocycles. The lowest BCUT2D eigenvalue weighted by molar-refractivity contribution is -0.114. The van der Waals surface area contributed by atoms with Crippen LogP contribution < -0.4 is 11.3 Å². The highest BCUT2D eigenvalue weighted by Gasteiger charge is 2.21. The van der Waals surface area contributed by atoms with E-state index in [2.05, 4.69) is 10.1 Å². The maximum absolute atomic E-state index is 12.3. The Morgan fingerprint density at radius 3 is 2.73 bits per heavy atom. The summed E-state index contributed by atoms with van der Waals surface area (Å²) < 4.78 is 29.9. The highest BCUT2D eigenvalue weighted by molar-refractivity contribution is 7.93. The number of nitrogen functional groups attached to an aromatic ring is 1. The van der Waals surface area contributed by atoms with Crippen molar-refractivity contribution in [1.29, 1.82) is 0 Å². The van der Waals surface area contributed by atoms with Crippen LogP contribution in [-0.4, -0.2) is 41.7 Å². The van der Waals surface area contributed by atoms with Gasteiger partial charge in [-0.15, -0.1) is 5.10 Å². The number of sulfone groups is 1. The number of carbonyl (C=O) groups excluding carboxylic acids is 1. The normalized spacial score (nSPS) is 16.3. The molecule has 0 amide bonds. The van der Waals surface area contributed by atoms with Gasteiger partial charge in [0.2, 0.25) is 24.9 Å². The summed E-state index contributed by atoms with van der Waals surface area (Å²) in [5.74, 6) is -0.343. The second kappa shape index (κ2) is 6.50. The third-order valence-corrected chi connectivity index (χ3v) is 6.71. The number of anilines is 1. The minimum Gasteiger partial charge on any atom is -0.493 e. The Morgan fingerprint density at radius 1 is 1.35 bits per heavy atom. The summed E-state index contributed by atoms with van der Waals surface area (Å²) in [6, 6.07) is 0. The van der Waals surface area contributed by atoms with Crippen molar-refractivity contribution >= 4 is 43.8 Å². The fraction of sp³-hybridized carbons (Fsp3) is 0.200. The molecule has 2 N–H and O–H groups in total. The fourth-order valence-corrected chi connectivity index (χ4v) is 4.36. The van der Waals surface area contributed by atoms with Crippen LogP contribution in [0.2, 0.25) is 0 Å². The lowest BCUT2D eigenvalue weighted by Crippen LogP contribution is -2.17. The molecule has 0 saturated carbocycles. The van der Waals surface area contributed by atoms with Gasteiger partial charge in [-0.05, 0) is 23.8 Å². The zero-order valence-corrected chi connectivity index (χ0v) is 15.4. The Kier molecular flexibility index (Phi) is 4.50. The van der Waals surface area contributed by atoms with Crippen LogP contribution in [0.1, 0.15) is 12.5 Å². The van der Waals surface area contributed by atoms with Crippen molar-refractivity contribution in [3.8, 4) is 0 Å². The van der Waals surface area contributed by atoms with E-state index in [4.69, 9.17) is 10.5 Å². The summed E-state index contributed by atoms with van der Waals surface area (Å²) in [4.78, 5) is 27.8. The first-order valence-electron chi connectivity index (χ1n) is 7.38. The summed E-state index contributed by atoms with van der Waals surface area (Å²) in [7, 11) is -2.18. The molecule has 9 nitrogen and oxygen atoms in total. The Morgan fingerprint density at radius 2 is 2.08 bits per heavy atom. The maximum Gasteiger partial charge on any atom is 0.283 e. The van der Waals surface area contributed by atoms with Crippen molar-refractivity contribution in [3.63, 3.8) is 0 Å². The lowest BCUT2D eigenvalue weighted by Gasteiger charge is -2.08. The monoisotopic (exact) mass is 394 g/mol. The van der Waals surface area contributed by atoms with Crippen LogP contribution in [0, 0.1) is 0 Å². The molecule has 0 spiro atoms. The minimum absolute atomic E-state index is 0.0361. The van der Waals surface area contributed by atoms with Crippen molar-refractivity contribution in [1.82, 2.24) is 14.6 Å². The lowest BCUT2D eigenvalue weighted by atomic mass is 10.0. The van der Waals surface area contributed by atoms with Gasteiger partial charge in [0, 0.05) is 0 Å². The van der Waals surface area contributed by atoms with Crippen LogP contribution in [0.25, 0.3) is 11.0 Å². The predicted molar refractivity (Wildman–Crippen MR) is 96.5 cm³/mol. The van der Waals surface area contributed by atoms with E-state index in [1.54, 1.807) is 0 Å². The van der Waals surface area contributed by atoms with Gasteiger partial charge < -0.3 is 10.5 Å². The van der Waals surface area contributed by atoms with Gasteiger partial charge in [-0.3, -0.25) is 9.59 Å². The molecular formula is C15H14N4O5S2. The van der Waals surface area contributed by atoms with Gasteiger partial charge in [-0.25, -0.2) is 8.42 Å². The standard InChI is InChI=1S/C15H14N4O5S2/c1-3-26(22,23)15-18-19-12(16)9(13(21)17-14(19)25-15)6-8-4-5-10(20)11(7-8)24-2/h4-7H,3,16H2,1-2H3. The highest BCUT2D eigenvalue weighted by atomic mass is 32.2. The molecule has 0 aliphatic heterocycles. The third-order valence-electron chi connectivity index (χ3n) is 3.62. The quantitative estimate of drug-likeness (QED) is 0.796. The number of allylic oxidation sites excluding steroid dienone is 4. The molecule has 3 rings (SSSR count). The van der Waals surface area contributed by atoms with Gasteiger partial charge in [0.15, 0.2) is 5.76 Å². The maximum atomic E-state index is 12.3. The third kappa shape index (κ3) is 3.06. The molecule has 0 atom stereocenters. The van der Waals surface area contributed by atoms with E-state index in [-0.39, 0.29) is 38.0 Å². The average Bonchev–Trinajstić information content (AvgIpc) is 3.05. The van der Waals surface area contributed by atoms with Crippen LogP contribution in [0.4, 0.5) is 5.82 Å². The van der Waals surface area contributed by atoms with E-state index < -0.39 is 15.4 Å². The SMILES string of the molecule is CCS(=O)(=O)c1nn2c(N)c(C=C3C=CC(=O)C(OC)=C3)c(=O)nc2s1. The zero-order chi connectivity index (χ0) is 19.1. The number of hydrogen-bond donors (Lipinski definition) is 1. The summed E-state index contributed by atoms with van der Waals surface area (Å²) >= 11 is 0.778. The molecule has 1 aliphatic rings. The summed E-state index contributed by atoms with van der Waals surface area (Å²) in [6.45, 7) is 1.49. The highest BCUT2D eigenvalue weighted by Crippen LogP contribution is 2.23. The van der Waals surface area contributed by atoms with Crippen molar-refractivity contribution in [2.75, 3.05) is 18.6 Å². The molecule has 11 heteroatoms. The van der Waals surface area contributed by atoms with Crippen LogP contribution in [0.3, 0.4) is 0 Å². The number of ether oxygens (including phenoxy) is 1. The van der Waals surface area contributed by atoms with E-state index in [9.17, 15) is 18.0 Å². The number of nitrogens with two attached hydrogens (primary N) is 1. The first kappa shape index (κ1) is 18.0. The second-order valence-electron chi connectivity index (χ2n) is 5.24. The Balaban J connectivity index is 2.18. The molecule has 0 bridgehead atoms. The second-order valence-corrected chi connectivity index (χ2v) is 8.64. The molecular weight excluding hydrogens is 380 g/mol.